The van der Waals surface area contributed by atoms with Crippen LogP contribution in [0.5, 0.6) is 5.75 Å². The van der Waals surface area contributed by atoms with Crippen LogP contribution in [0.4, 0.5) is 0 Å². The molecule has 1 saturated carbocycles. The first-order valence-electron chi connectivity index (χ1n) is 6.97. The Kier molecular flexibility index (Phi) is 5.82. The molecule has 1 aliphatic carbocycles. The fourth-order valence-corrected chi connectivity index (χ4v) is 3.12. The van der Waals surface area contributed by atoms with Crippen LogP contribution in [0.15, 0.2) is 11.4 Å². The van der Waals surface area contributed by atoms with Crippen molar-refractivity contribution >= 4 is 17.2 Å². The zero-order valence-corrected chi connectivity index (χ0v) is 12.6. The van der Waals surface area contributed by atoms with E-state index in [0.29, 0.717) is 35.9 Å². The van der Waals surface area contributed by atoms with Crippen LogP contribution < -0.4 is 15.8 Å². The molecule has 0 bridgehead atoms. The zero-order chi connectivity index (χ0) is 14.4. The Labute approximate surface area is 123 Å². The Balaban J connectivity index is 1.65. The van der Waals surface area contributed by atoms with Crippen LogP contribution in [0.1, 0.15) is 35.4 Å². The van der Waals surface area contributed by atoms with E-state index in [-0.39, 0.29) is 5.91 Å². The van der Waals surface area contributed by atoms with Gasteiger partial charge >= 0.3 is 0 Å². The van der Waals surface area contributed by atoms with E-state index < -0.39 is 0 Å². The van der Waals surface area contributed by atoms with Crippen molar-refractivity contribution in [2.45, 2.75) is 37.8 Å². The summed E-state index contributed by atoms with van der Waals surface area (Å²) in [6.07, 6.45) is 4.40. The second-order valence-electron chi connectivity index (χ2n) is 4.98. The van der Waals surface area contributed by atoms with Gasteiger partial charge < -0.3 is 20.5 Å². The highest BCUT2D eigenvalue weighted by molar-refractivity contribution is 7.12. The number of amides is 1. The fraction of sp³-hybridized carbons (Fsp3) is 0.643. The predicted molar refractivity (Wildman–Crippen MR) is 79.4 cm³/mol. The standard InChI is InChI=1S/C14H22N2O3S/c1-18-12-6-9-20-13(12)14(17)16-7-8-19-11-4-2-10(15)3-5-11/h6,9-11H,2-5,7-8,15H2,1H3,(H,16,17). The molecule has 112 valence electrons. The first kappa shape index (κ1) is 15.3. The van der Waals surface area contributed by atoms with E-state index in [1.165, 1.54) is 11.3 Å². The van der Waals surface area contributed by atoms with E-state index in [4.69, 9.17) is 15.2 Å². The van der Waals surface area contributed by atoms with E-state index in [1.807, 2.05) is 5.38 Å². The number of methoxy groups -OCH3 is 1. The van der Waals surface area contributed by atoms with Crippen molar-refractivity contribution in [2.75, 3.05) is 20.3 Å². The molecular weight excluding hydrogens is 276 g/mol. The van der Waals surface area contributed by atoms with E-state index in [1.54, 1.807) is 13.2 Å². The fourth-order valence-electron chi connectivity index (χ4n) is 2.35. The van der Waals surface area contributed by atoms with Crippen LogP contribution in [-0.2, 0) is 4.74 Å². The lowest BCUT2D eigenvalue weighted by Crippen LogP contribution is -2.32. The van der Waals surface area contributed by atoms with Crippen molar-refractivity contribution in [2.24, 2.45) is 5.73 Å². The Morgan fingerprint density at radius 3 is 2.90 bits per heavy atom. The van der Waals surface area contributed by atoms with Crippen LogP contribution in [0.2, 0.25) is 0 Å². The van der Waals surface area contributed by atoms with Gasteiger partial charge in [0.05, 0.1) is 19.8 Å². The zero-order valence-electron chi connectivity index (χ0n) is 11.8. The van der Waals surface area contributed by atoms with Gasteiger partial charge in [-0.15, -0.1) is 11.3 Å². The van der Waals surface area contributed by atoms with Gasteiger partial charge in [-0.05, 0) is 37.1 Å². The first-order valence-corrected chi connectivity index (χ1v) is 7.85. The van der Waals surface area contributed by atoms with Crippen molar-refractivity contribution in [3.8, 4) is 5.75 Å². The van der Waals surface area contributed by atoms with E-state index in [2.05, 4.69) is 5.32 Å². The van der Waals surface area contributed by atoms with Gasteiger partial charge in [0.1, 0.15) is 10.6 Å². The SMILES string of the molecule is COc1ccsc1C(=O)NCCOC1CCC(N)CC1. The van der Waals surface area contributed by atoms with Crippen LogP contribution in [-0.4, -0.2) is 38.3 Å². The summed E-state index contributed by atoms with van der Waals surface area (Å²) < 4.78 is 10.9. The summed E-state index contributed by atoms with van der Waals surface area (Å²) in [6, 6.07) is 2.13. The Bertz CT molecular complexity index is 428. The van der Waals surface area contributed by atoms with Crippen LogP contribution in [0.3, 0.4) is 0 Å². The van der Waals surface area contributed by atoms with Crippen LogP contribution >= 0.6 is 11.3 Å². The molecule has 0 aromatic carbocycles. The summed E-state index contributed by atoms with van der Waals surface area (Å²) in [5, 5.41) is 4.69. The number of rotatable bonds is 6. The monoisotopic (exact) mass is 298 g/mol. The second kappa shape index (κ2) is 7.61. The number of hydrogen-bond donors (Lipinski definition) is 2. The molecule has 5 nitrogen and oxygen atoms in total. The number of thiophene rings is 1. The second-order valence-corrected chi connectivity index (χ2v) is 5.90. The maximum Gasteiger partial charge on any atom is 0.265 e. The molecular formula is C14H22N2O3S. The van der Waals surface area contributed by atoms with E-state index >= 15 is 0 Å². The van der Waals surface area contributed by atoms with Crippen molar-refractivity contribution in [1.82, 2.24) is 5.32 Å². The summed E-state index contributed by atoms with van der Waals surface area (Å²) in [5.74, 6) is 0.515. The molecule has 1 aliphatic rings. The average Bonchev–Trinajstić information content (AvgIpc) is 2.94. The Morgan fingerprint density at radius 1 is 1.45 bits per heavy atom. The third kappa shape index (κ3) is 4.19. The molecule has 1 heterocycles. The number of carbonyl (C=O) groups is 1. The topological polar surface area (TPSA) is 73.6 Å². The number of carbonyl (C=O) groups excluding carboxylic acids is 1. The van der Waals surface area contributed by atoms with E-state index in [9.17, 15) is 4.79 Å². The Morgan fingerprint density at radius 2 is 2.20 bits per heavy atom. The van der Waals surface area contributed by atoms with Gasteiger partial charge in [0, 0.05) is 12.6 Å². The normalized spacial score (nSPS) is 22.5. The van der Waals surface area contributed by atoms with Gasteiger partial charge in [-0.2, -0.15) is 0 Å². The molecule has 0 atom stereocenters. The van der Waals surface area contributed by atoms with Gasteiger partial charge in [0.2, 0.25) is 0 Å². The van der Waals surface area contributed by atoms with Crippen molar-refractivity contribution in [3.05, 3.63) is 16.3 Å². The maximum atomic E-state index is 11.9. The lowest BCUT2D eigenvalue weighted by molar-refractivity contribution is 0.0268. The predicted octanol–water partition coefficient (Wildman–Crippen LogP) is 1.77. The minimum Gasteiger partial charge on any atom is -0.495 e. The first-order chi connectivity index (χ1) is 9.70. The largest absolute Gasteiger partial charge is 0.495 e. The van der Waals surface area contributed by atoms with Crippen LogP contribution in [0, 0.1) is 0 Å². The van der Waals surface area contributed by atoms with Crippen LogP contribution in [0.25, 0.3) is 0 Å². The number of hydrogen-bond acceptors (Lipinski definition) is 5. The number of nitrogens with one attached hydrogen (secondary N) is 1. The third-order valence-corrected chi connectivity index (χ3v) is 4.41. The quantitative estimate of drug-likeness (QED) is 0.785. The molecule has 0 aliphatic heterocycles. The van der Waals surface area contributed by atoms with Gasteiger partial charge in [0.25, 0.3) is 5.91 Å². The molecule has 20 heavy (non-hydrogen) atoms. The maximum absolute atomic E-state index is 11.9. The smallest absolute Gasteiger partial charge is 0.265 e. The molecule has 0 saturated heterocycles. The van der Waals surface area contributed by atoms with Gasteiger partial charge in [-0.1, -0.05) is 0 Å². The summed E-state index contributed by atoms with van der Waals surface area (Å²) in [6.45, 7) is 1.06. The number of nitrogens with two attached hydrogens (primary N) is 1. The van der Waals surface area contributed by atoms with Gasteiger partial charge in [0.15, 0.2) is 0 Å². The molecule has 0 radical (unpaired) electrons. The van der Waals surface area contributed by atoms with Gasteiger partial charge in [-0.3, -0.25) is 4.79 Å². The summed E-state index contributed by atoms with van der Waals surface area (Å²) in [7, 11) is 1.57. The van der Waals surface area contributed by atoms with Crippen molar-refractivity contribution in [1.29, 1.82) is 0 Å². The van der Waals surface area contributed by atoms with Gasteiger partial charge in [-0.25, -0.2) is 0 Å². The molecule has 6 heteroatoms. The highest BCUT2D eigenvalue weighted by atomic mass is 32.1. The minimum atomic E-state index is -0.105. The number of ether oxygens (including phenoxy) is 2. The highest BCUT2D eigenvalue weighted by Crippen LogP contribution is 2.24. The summed E-state index contributed by atoms with van der Waals surface area (Å²) in [5.41, 5.74) is 5.85. The molecule has 3 N–H and O–H groups in total. The van der Waals surface area contributed by atoms with E-state index in [0.717, 1.165) is 25.7 Å². The molecule has 1 aromatic rings. The lowest BCUT2D eigenvalue weighted by Gasteiger charge is -2.26. The Hall–Kier alpha value is -1.11. The minimum absolute atomic E-state index is 0.105. The van der Waals surface area contributed by atoms with Crippen molar-refractivity contribution in [3.63, 3.8) is 0 Å². The molecule has 1 amide bonds. The lowest BCUT2D eigenvalue weighted by atomic mass is 9.94. The molecule has 2 rings (SSSR count). The molecule has 0 unspecified atom stereocenters. The summed E-state index contributed by atoms with van der Waals surface area (Å²) in [4.78, 5) is 12.5. The molecule has 0 spiro atoms. The molecule has 1 aromatic heterocycles. The third-order valence-electron chi connectivity index (χ3n) is 3.52. The highest BCUT2D eigenvalue weighted by Gasteiger charge is 2.19. The van der Waals surface area contributed by atoms with Crippen molar-refractivity contribution < 1.29 is 14.3 Å². The average molecular weight is 298 g/mol. The molecule has 1 fully saturated rings. The summed E-state index contributed by atoms with van der Waals surface area (Å²) >= 11 is 1.38.